The van der Waals surface area contributed by atoms with Crippen molar-refractivity contribution in [2.24, 2.45) is 5.92 Å². The number of aryl methyl sites for hydroxylation is 1. The molecular formula is C15H28N4O. The van der Waals surface area contributed by atoms with Gasteiger partial charge in [0, 0.05) is 26.1 Å². The van der Waals surface area contributed by atoms with Gasteiger partial charge >= 0.3 is 0 Å². The van der Waals surface area contributed by atoms with Crippen molar-refractivity contribution in [3.8, 4) is 0 Å². The molecule has 0 fully saturated rings. The molecule has 114 valence electrons. The van der Waals surface area contributed by atoms with Gasteiger partial charge in [-0.15, -0.1) is 10.2 Å². The van der Waals surface area contributed by atoms with Gasteiger partial charge in [-0.3, -0.25) is 0 Å². The first-order valence-electron chi connectivity index (χ1n) is 7.80. The second-order valence-electron chi connectivity index (χ2n) is 6.13. The Hall–Kier alpha value is -0.940. The molecule has 0 aromatic carbocycles. The molecule has 0 radical (unpaired) electrons. The molecule has 1 N–H and O–H groups in total. The highest BCUT2D eigenvalue weighted by molar-refractivity contribution is 5.02. The maximum absolute atomic E-state index is 5.31. The molecule has 1 aromatic heterocycles. The van der Waals surface area contributed by atoms with Gasteiger partial charge in [-0.25, -0.2) is 0 Å². The molecule has 0 spiro atoms. The number of ether oxygens (including phenoxy) is 1. The van der Waals surface area contributed by atoms with E-state index in [1.165, 1.54) is 19.3 Å². The van der Waals surface area contributed by atoms with Crippen LogP contribution >= 0.6 is 0 Å². The molecule has 2 heterocycles. The molecule has 2 unspecified atom stereocenters. The fourth-order valence-electron chi connectivity index (χ4n) is 2.84. The van der Waals surface area contributed by atoms with Gasteiger partial charge in [-0.05, 0) is 25.7 Å². The molecule has 20 heavy (non-hydrogen) atoms. The third-order valence-corrected chi connectivity index (χ3v) is 4.14. The van der Waals surface area contributed by atoms with E-state index in [0.717, 1.165) is 31.2 Å². The zero-order valence-corrected chi connectivity index (χ0v) is 13.2. The van der Waals surface area contributed by atoms with Crippen LogP contribution in [0.1, 0.15) is 57.7 Å². The Bertz CT molecular complexity index is 416. The number of hydrogen-bond donors (Lipinski definition) is 1. The minimum atomic E-state index is 0.205. The standard InChI is InChI=1S/C15H28N4O/c1-11(2)13(10-20-4)16-12(3)15-18-17-14-8-6-5-7-9-19(14)15/h11-13,16H,5-10H2,1-4H3. The van der Waals surface area contributed by atoms with E-state index < -0.39 is 0 Å². The first-order chi connectivity index (χ1) is 9.63. The fourth-order valence-corrected chi connectivity index (χ4v) is 2.84. The van der Waals surface area contributed by atoms with Crippen molar-refractivity contribution in [2.45, 2.75) is 65.1 Å². The van der Waals surface area contributed by atoms with Crippen LogP contribution in [0.15, 0.2) is 0 Å². The highest BCUT2D eigenvalue weighted by Gasteiger charge is 2.22. The average Bonchev–Trinajstić information content (AvgIpc) is 2.67. The fraction of sp³-hybridized carbons (Fsp3) is 0.867. The number of methoxy groups -OCH3 is 1. The summed E-state index contributed by atoms with van der Waals surface area (Å²) in [6.45, 7) is 8.39. The van der Waals surface area contributed by atoms with Gasteiger partial charge in [0.1, 0.15) is 11.6 Å². The van der Waals surface area contributed by atoms with Gasteiger partial charge in [0.05, 0.1) is 12.6 Å². The van der Waals surface area contributed by atoms with Gasteiger partial charge in [-0.1, -0.05) is 20.3 Å². The van der Waals surface area contributed by atoms with Crippen molar-refractivity contribution in [3.05, 3.63) is 11.6 Å². The predicted octanol–water partition coefficient (Wildman–Crippen LogP) is 2.33. The Morgan fingerprint density at radius 1 is 1.20 bits per heavy atom. The maximum Gasteiger partial charge on any atom is 0.149 e. The van der Waals surface area contributed by atoms with Crippen LogP contribution in [0.2, 0.25) is 0 Å². The number of nitrogens with one attached hydrogen (secondary N) is 1. The van der Waals surface area contributed by atoms with E-state index in [-0.39, 0.29) is 6.04 Å². The third kappa shape index (κ3) is 3.58. The summed E-state index contributed by atoms with van der Waals surface area (Å²) >= 11 is 0. The molecule has 0 amide bonds. The van der Waals surface area contributed by atoms with Gasteiger partial charge < -0.3 is 14.6 Å². The molecule has 0 bridgehead atoms. The van der Waals surface area contributed by atoms with Crippen molar-refractivity contribution in [3.63, 3.8) is 0 Å². The lowest BCUT2D eigenvalue weighted by molar-refractivity contribution is 0.140. The van der Waals surface area contributed by atoms with Crippen LogP contribution in [0.3, 0.4) is 0 Å². The van der Waals surface area contributed by atoms with E-state index in [1.54, 1.807) is 7.11 Å². The lowest BCUT2D eigenvalue weighted by Gasteiger charge is -2.25. The SMILES string of the molecule is COCC(NC(C)c1nnc2n1CCCCC2)C(C)C. The highest BCUT2D eigenvalue weighted by Crippen LogP contribution is 2.19. The quantitative estimate of drug-likeness (QED) is 0.869. The lowest BCUT2D eigenvalue weighted by atomic mass is 10.0. The molecule has 0 saturated carbocycles. The minimum absolute atomic E-state index is 0.205. The molecule has 2 rings (SSSR count). The zero-order chi connectivity index (χ0) is 14.5. The topological polar surface area (TPSA) is 52.0 Å². The first kappa shape index (κ1) is 15.4. The summed E-state index contributed by atoms with van der Waals surface area (Å²) < 4.78 is 7.63. The van der Waals surface area contributed by atoms with Crippen molar-refractivity contribution >= 4 is 0 Å². The number of rotatable bonds is 6. The van der Waals surface area contributed by atoms with Crippen LogP contribution in [-0.4, -0.2) is 34.5 Å². The summed E-state index contributed by atoms with van der Waals surface area (Å²) in [7, 11) is 1.75. The summed E-state index contributed by atoms with van der Waals surface area (Å²) in [6.07, 6.45) is 4.82. The maximum atomic E-state index is 5.31. The largest absolute Gasteiger partial charge is 0.383 e. The summed E-state index contributed by atoms with van der Waals surface area (Å²) in [5.74, 6) is 2.76. The number of fused-ring (bicyclic) bond motifs is 1. The smallest absolute Gasteiger partial charge is 0.149 e. The van der Waals surface area contributed by atoms with Crippen molar-refractivity contribution < 1.29 is 4.74 Å². The Morgan fingerprint density at radius 2 is 2.00 bits per heavy atom. The molecule has 0 aliphatic carbocycles. The van der Waals surface area contributed by atoms with Crippen LogP contribution in [0.25, 0.3) is 0 Å². The molecule has 1 aliphatic heterocycles. The van der Waals surface area contributed by atoms with E-state index in [9.17, 15) is 0 Å². The monoisotopic (exact) mass is 280 g/mol. The Balaban J connectivity index is 2.08. The van der Waals surface area contributed by atoms with E-state index in [4.69, 9.17) is 4.74 Å². The van der Waals surface area contributed by atoms with E-state index in [2.05, 4.69) is 40.9 Å². The predicted molar refractivity (Wildman–Crippen MR) is 79.6 cm³/mol. The minimum Gasteiger partial charge on any atom is -0.383 e. The van der Waals surface area contributed by atoms with E-state index in [1.807, 2.05) is 0 Å². The number of aromatic nitrogens is 3. The van der Waals surface area contributed by atoms with Crippen LogP contribution < -0.4 is 5.32 Å². The second-order valence-corrected chi connectivity index (χ2v) is 6.13. The van der Waals surface area contributed by atoms with Gasteiger partial charge in [0.25, 0.3) is 0 Å². The first-order valence-corrected chi connectivity index (χ1v) is 7.80. The summed E-state index contributed by atoms with van der Waals surface area (Å²) in [5, 5.41) is 12.4. The highest BCUT2D eigenvalue weighted by atomic mass is 16.5. The average molecular weight is 280 g/mol. The summed E-state index contributed by atoms with van der Waals surface area (Å²) in [4.78, 5) is 0. The zero-order valence-electron chi connectivity index (χ0n) is 13.2. The van der Waals surface area contributed by atoms with E-state index >= 15 is 0 Å². The van der Waals surface area contributed by atoms with Gasteiger partial charge in [-0.2, -0.15) is 0 Å². The van der Waals surface area contributed by atoms with Crippen LogP contribution in [0, 0.1) is 5.92 Å². The molecule has 1 aromatic rings. The van der Waals surface area contributed by atoms with Crippen molar-refractivity contribution in [1.29, 1.82) is 0 Å². The number of hydrogen-bond acceptors (Lipinski definition) is 4. The van der Waals surface area contributed by atoms with Crippen LogP contribution in [0.5, 0.6) is 0 Å². The molecule has 5 heteroatoms. The Kier molecular flexibility index (Phi) is 5.54. The summed E-state index contributed by atoms with van der Waals surface area (Å²) in [6, 6.07) is 0.547. The van der Waals surface area contributed by atoms with Crippen LogP contribution in [-0.2, 0) is 17.7 Å². The Morgan fingerprint density at radius 3 is 2.70 bits per heavy atom. The molecular weight excluding hydrogens is 252 g/mol. The van der Waals surface area contributed by atoms with Crippen molar-refractivity contribution in [1.82, 2.24) is 20.1 Å². The van der Waals surface area contributed by atoms with Crippen LogP contribution in [0.4, 0.5) is 0 Å². The molecule has 1 aliphatic rings. The second kappa shape index (κ2) is 7.18. The van der Waals surface area contributed by atoms with Gasteiger partial charge in [0.15, 0.2) is 0 Å². The number of nitrogens with zero attached hydrogens (tertiary/aromatic N) is 3. The lowest BCUT2D eigenvalue weighted by Crippen LogP contribution is -2.40. The third-order valence-electron chi connectivity index (χ3n) is 4.14. The normalized spacial score (nSPS) is 18.6. The Labute approximate surface area is 122 Å². The molecule has 0 saturated heterocycles. The summed E-state index contributed by atoms with van der Waals surface area (Å²) in [5.41, 5.74) is 0. The molecule has 2 atom stereocenters. The van der Waals surface area contributed by atoms with E-state index in [0.29, 0.717) is 12.0 Å². The van der Waals surface area contributed by atoms with Gasteiger partial charge in [0.2, 0.25) is 0 Å². The van der Waals surface area contributed by atoms with Crippen molar-refractivity contribution in [2.75, 3.05) is 13.7 Å². The molecule has 5 nitrogen and oxygen atoms in total.